The fourth-order valence-electron chi connectivity index (χ4n) is 2.27. The summed E-state index contributed by atoms with van der Waals surface area (Å²) in [5.74, 6) is -0.216. The molecule has 0 heterocycles. The summed E-state index contributed by atoms with van der Waals surface area (Å²) in [5, 5.41) is 5.24. The van der Waals surface area contributed by atoms with E-state index in [0.717, 1.165) is 12.8 Å². The van der Waals surface area contributed by atoms with Gasteiger partial charge in [0.25, 0.3) is 0 Å². The van der Waals surface area contributed by atoms with Crippen LogP contribution in [0.4, 0.5) is 5.69 Å². The van der Waals surface area contributed by atoms with E-state index in [9.17, 15) is 14.4 Å². The fraction of sp³-hybridized carbons (Fsp3) is 0.526. The van der Waals surface area contributed by atoms with Crippen molar-refractivity contribution in [2.75, 3.05) is 32.1 Å². The molecule has 0 spiro atoms. The zero-order valence-electron chi connectivity index (χ0n) is 16.0. The topological polar surface area (TPSA) is 87.7 Å². The molecule has 0 radical (unpaired) electrons. The first kappa shape index (κ1) is 21.5. The highest BCUT2D eigenvalue weighted by atomic mass is 16.5. The SMILES string of the molecule is CCCCN(CC(=O)NCC(=O)Nc1ccc(OC)cc1)C(=O)C(C)C. The molecular formula is C19H29N3O4. The molecule has 26 heavy (non-hydrogen) atoms. The molecule has 0 aliphatic rings. The van der Waals surface area contributed by atoms with Crippen molar-refractivity contribution in [2.45, 2.75) is 33.6 Å². The number of carbonyl (C=O) groups excluding carboxylic acids is 3. The number of benzene rings is 1. The molecule has 0 unspecified atom stereocenters. The van der Waals surface area contributed by atoms with Gasteiger partial charge in [0.2, 0.25) is 17.7 Å². The number of methoxy groups -OCH3 is 1. The number of hydrogen-bond acceptors (Lipinski definition) is 4. The van der Waals surface area contributed by atoms with E-state index in [0.29, 0.717) is 18.0 Å². The molecule has 144 valence electrons. The van der Waals surface area contributed by atoms with Gasteiger partial charge < -0.3 is 20.3 Å². The minimum Gasteiger partial charge on any atom is -0.497 e. The van der Waals surface area contributed by atoms with E-state index in [-0.39, 0.29) is 36.7 Å². The maximum Gasteiger partial charge on any atom is 0.243 e. The van der Waals surface area contributed by atoms with E-state index < -0.39 is 0 Å². The van der Waals surface area contributed by atoms with E-state index in [1.54, 1.807) is 36.3 Å². The Morgan fingerprint density at radius 1 is 1.12 bits per heavy atom. The van der Waals surface area contributed by atoms with Gasteiger partial charge in [-0.3, -0.25) is 14.4 Å². The number of rotatable bonds is 10. The smallest absolute Gasteiger partial charge is 0.243 e. The number of anilines is 1. The van der Waals surface area contributed by atoms with Crippen molar-refractivity contribution in [1.82, 2.24) is 10.2 Å². The lowest BCUT2D eigenvalue weighted by Crippen LogP contribution is -2.44. The first-order valence-electron chi connectivity index (χ1n) is 8.86. The number of nitrogens with zero attached hydrogens (tertiary/aromatic N) is 1. The first-order chi connectivity index (χ1) is 12.4. The third-order valence-electron chi connectivity index (χ3n) is 3.74. The van der Waals surface area contributed by atoms with E-state index in [4.69, 9.17) is 4.74 Å². The Kier molecular flexibility index (Phi) is 9.19. The summed E-state index contributed by atoms with van der Waals surface area (Å²) in [6, 6.07) is 6.90. The van der Waals surface area contributed by atoms with Crippen LogP contribution in [0.3, 0.4) is 0 Å². The Bertz CT molecular complexity index is 599. The fourth-order valence-corrected chi connectivity index (χ4v) is 2.27. The lowest BCUT2D eigenvalue weighted by Gasteiger charge is -2.23. The molecule has 1 aromatic rings. The molecule has 0 atom stereocenters. The van der Waals surface area contributed by atoms with Crippen LogP contribution in [0.1, 0.15) is 33.6 Å². The normalized spacial score (nSPS) is 10.3. The summed E-state index contributed by atoms with van der Waals surface area (Å²) >= 11 is 0. The van der Waals surface area contributed by atoms with Crippen LogP contribution >= 0.6 is 0 Å². The third kappa shape index (κ3) is 7.55. The molecule has 0 aliphatic heterocycles. The molecule has 1 aromatic carbocycles. The Balaban J connectivity index is 2.46. The molecule has 7 nitrogen and oxygen atoms in total. The molecule has 2 N–H and O–H groups in total. The summed E-state index contributed by atoms with van der Waals surface area (Å²) in [6.07, 6.45) is 1.78. The molecule has 0 fully saturated rings. The van der Waals surface area contributed by atoms with Gasteiger partial charge in [-0.25, -0.2) is 0 Å². The molecule has 1 rings (SSSR count). The Morgan fingerprint density at radius 3 is 2.31 bits per heavy atom. The lowest BCUT2D eigenvalue weighted by molar-refractivity contribution is -0.138. The Morgan fingerprint density at radius 2 is 1.77 bits per heavy atom. The quantitative estimate of drug-likeness (QED) is 0.666. The Hall–Kier alpha value is -2.57. The van der Waals surface area contributed by atoms with E-state index in [1.165, 1.54) is 0 Å². The zero-order valence-corrected chi connectivity index (χ0v) is 16.0. The van der Waals surface area contributed by atoms with Gasteiger partial charge in [-0.1, -0.05) is 27.2 Å². The summed E-state index contributed by atoms with van der Waals surface area (Å²) in [4.78, 5) is 37.7. The number of unbranched alkanes of at least 4 members (excludes halogenated alkanes) is 1. The molecule has 0 aromatic heterocycles. The minimum absolute atomic E-state index is 0.0349. The van der Waals surface area contributed by atoms with Crippen LogP contribution < -0.4 is 15.4 Å². The molecule has 7 heteroatoms. The summed E-state index contributed by atoms with van der Waals surface area (Å²) in [5.41, 5.74) is 0.615. The zero-order chi connectivity index (χ0) is 19.5. The van der Waals surface area contributed by atoms with Crippen LogP contribution in [-0.4, -0.2) is 49.4 Å². The van der Waals surface area contributed by atoms with Gasteiger partial charge in [-0.2, -0.15) is 0 Å². The van der Waals surface area contributed by atoms with E-state index in [1.807, 2.05) is 20.8 Å². The Labute approximate surface area is 155 Å². The second-order valence-electron chi connectivity index (χ2n) is 6.32. The number of ether oxygens (including phenoxy) is 1. The van der Waals surface area contributed by atoms with Crippen LogP contribution in [0, 0.1) is 5.92 Å². The molecule has 0 saturated heterocycles. The molecule has 0 bridgehead atoms. The largest absolute Gasteiger partial charge is 0.497 e. The maximum atomic E-state index is 12.2. The number of hydrogen-bond donors (Lipinski definition) is 2. The minimum atomic E-state index is -0.347. The van der Waals surface area contributed by atoms with Crippen molar-refractivity contribution in [1.29, 1.82) is 0 Å². The summed E-state index contributed by atoms with van der Waals surface area (Å²) in [7, 11) is 1.57. The van der Waals surface area contributed by atoms with Crippen molar-refractivity contribution < 1.29 is 19.1 Å². The van der Waals surface area contributed by atoms with Crippen LogP contribution in [0.15, 0.2) is 24.3 Å². The van der Waals surface area contributed by atoms with Crippen LogP contribution in [0.5, 0.6) is 5.75 Å². The van der Waals surface area contributed by atoms with Crippen molar-refractivity contribution in [3.8, 4) is 5.75 Å². The van der Waals surface area contributed by atoms with Crippen molar-refractivity contribution >= 4 is 23.4 Å². The molecule has 3 amide bonds. The predicted molar refractivity (Wildman–Crippen MR) is 101 cm³/mol. The van der Waals surface area contributed by atoms with E-state index in [2.05, 4.69) is 10.6 Å². The van der Waals surface area contributed by atoms with Gasteiger partial charge in [0.15, 0.2) is 0 Å². The average molecular weight is 363 g/mol. The predicted octanol–water partition coefficient (Wildman–Crippen LogP) is 2.03. The summed E-state index contributed by atoms with van der Waals surface area (Å²) < 4.78 is 5.05. The van der Waals surface area contributed by atoms with Gasteiger partial charge in [-0.05, 0) is 30.7 Å². The monoisotopic (exact) mass is 363 g/mol. The lowest BCUT2D eigenvalue weighted by atomic mass is 10.1. The molecular weight excluding hydrogens is 334 g/mol. The standard InChI is InChI=1S/C19H29N3O4/c1-5-6-11-22(19(25)14(2)3)13-18(24)20-12-17(23)21-15-7-9-16(26-4)10-8-15/h7-10,14H,5-6,11-13H2,1-4H3,(H,20,24)(H,21,23). The number of nitrogens with one attached hydrogen (secondary N) is 2. The summed E-state index contributed by atoms with van der Waals surface area (Å²) in [6.45, 7) is 6.00. The second-order valence-corrected chi connectivity index (χ2v) is 6.32. The van der Waals surface area contributed by atoms with Crippen LogP contribution in [-0.2, 0) is 14.4 Å². The first-order valence-corrected chi connectivity index (χ1v) is 8.86. The van der Waals surface area contributed by atoms with Gasteiger partial charge in [-0.15, -0.1) is 0 Å². The van der Waals surface area contributed by atoms with Crippen molar-refractivity contribution in [2.24, 2.45) is 5.92 Å². The van der Waals surface area contributed by atoms with Gasteiger partial charge in [0.05, 0.1) is 20.2 Å². The second kappa shape index (κ2) is 11.1. The highest BCUT2D eigenvalue weighted by Gasteiger charge is 2.19. The average Bonchev–Trinajstić information content (AvgIpc) is 2.63. The van der Waals surface area contributed by atoms with E-state index >= 15 is 0 Å². The van der Waals surface area contributed by atoms with Crippen molar-refractivity contribution in [3.63, 3.8) is 0 Å². The van der Waals surface area contributed by atoms with Crippen LogP contribution in [0.25, 0.3) is 0 Å². The van der Waals surface area contributed by atoms with Gasteiger partial charge in [0.1, 0.15) is 5.75 Å². The highest BCUT2D eigenvalue weighted by molar-refractivity contribution is 5.95. The van der Waals surface area contributed by atoms with Gasteiger partial charge in [0, 0.05) is 18.2 Å². The maximum absolute atomic E-state index is 12.2. The molecule has 0 saturated carbocycles. The molecule has 0 aliphatic carbocycles. The van der Waals surface area contributed by atoms with Gasteiger partial charge >= 0.3 is 0 Å². The third-order valence-corrected chi connectivity index (χ3v) is 3.74. The number of amides is 3. The highest BCUT2D eigenvalue weighted by Crippen LogP contribution is 2.14. The van der Waals surface area contributed by atoms with Crippen molar-refractivity contribution in [3.05, 3.63) is 24.3 Å². The number of carbonyl (C=O) groups is 3. The van der Waals surface area contributed by atoms with Crippen LogP contribution in [0.2, 0.25) is 0 Å².